The van der Waals surface area contributed by atoms with Crippen molar-refractivity contribution in [3.63, 3.8) is 0 Å². The Morgan fingerprint density at radius 1 is 0.520 bits per heavy atom. The number of allylic oxidation sites excluding steroid dienone is 14. The smallest absolute Gasteiger partial charge is 0.0462 e. The molecule has 0 saturated carbocycles. The molecule has 0 unspecified atom stereocenters. The van der Waals surface area contributed by atoms with Crippen molar-refractivity contribution in [2.45, 2.75) is 33.6 Å². The van der Waals surface area contributed by atoms with E-state index in [0.717, 1.165) is 52.5 Å². The number of rotatable bonds is 15. The van der Waals surface area contributed by atoms with Gasteiger partial charge in [0, 0.05) is 39.0 Å². The Bertz CT molecular complexity index is 3590. The summed E-state index contributed by atoms with van der Waals surface area (Å²) in [5, 5.41) is 4.84. The zero-order chi connectivity index (χ0) is 51.3. The van der Waals surface area contributed by atoms with Crippen LogP contribution in [0, 0.1) is 0 Å². The van der Waals surface area contributed by atoms with E-state index in [1.165, 1.54) is 71.0 Å². The third-order valence-electron chi connectivity index (χ3n) is 13.8. The Labute approximate surface area is 448 Å². The molecule has 0 fully saturated rings. The summed E-state index contributed by atoms with van der Waals surface area (Å²) in [4.78, 5) is 5.89. The van der Waals surface area contributed by atoms with Gasteiger partial charge in [-0.15, -0.1) is 11.8 Å². The lowest BCUT2D eigenvalue weighted by Gasteiger charge is -2.26. The van der Waals surface area contributed by atoms with Crippen LogP contribution in [0.15, 0.2) is 300 Å². The van der Waals surface area contributed by atoms with Crippen LogP contribution in [0.3, 0.4) is 0 Å². The molecular weight excluding hydrogens is 925 g/mol. The van der Waals surface area contributed by atoms with E-state index in [4.69, 9.17) is 0 Å². The normalized spacial score (nSPS) is 14.3. The van der Waals surface area contributed by atoms with Crippen LogP contribution in [0.5, 0.6) is 0 Å². The molecule has 75 heavy (non-hydrogen) atoms. The number of nitrogens with zero attached hydrogens (tertiary/aromatic N) is 2. The topological polar surface area (TPSA) is 6.48 Å². The maximum atomic E-state index is 2.38. The van der Waals surface area contributed by atoms with Gasteiger partial charge >= 0.3 is 0 Å². The summed E-state index contributed by atoms with van der Waals surface area (Å²) < 4.78 is 0. The standard InChI is InChI=1S/C72H62N2S/c1-5-24-58-52-59(29-23-28-55(58)6-2)70(75-4)40-22-26-53(3)25-21-27-54-41-50-68-69(51-54)72(57-44-48-65(49-45-57)74(62-34-15-9-16-35-62)63-36-17-10-18-37-63)67-39-20-19-38-66(67)71(68)56-42-46-64(47-43-56)73(60-30-11-7-12-31-60)61-32-13-8-14-33-61/h6-27,29-52H,5,28H2,1-4H3/b26-22+,27-21+,53-25+,55-6-,58-24-,70-40-. The fourth-order valence-corrected chi connectivity index (χ4v) is 10.8. The molecule has 0 atom stereocenters. The molecule has 0 spiro atoms. The Morgan fingerprint density at radius 3 is 1.47 bits per heavy atom. The lowest BCUT2D eigenvalue weighted by molar-refractivity contribution is 1.17. The first kappa shape index (κ1) is 49.9. The molecule has 366 valence electrons. The van der Waals surface area contributed by atoms with E-state index in [0.29, 0.717) is 0 Å². The van der Waals surface area contributed by atoms with Crippen LogP contribution >= 0.6 is 11.8 Å². The highest BCUT2D eigenvalue weighted by Crippen LogP contribution is 2.46. The van der Waals surface area contributed by atoms with Crippen molar-refractivity contribution in [3.8, 4) is 22.3 Å². The predicted molar refractivity (Wildman–Crippen MR) is 329 cm³/mol. The molecule has 0 bridgehead atoms. The minimum absolute atomic E-state index is 0.957. The zero-order valence-corrected chi connectivity index (χ0v) is 44.1. The van der Waals surface area contributed by atoms with E-state index in [2.05, 4.69) is 316 Å². The van der Waals surface area contributed by atoms with Crippen LogP contribution in [0.4, 0.5) is 34.1 Å². The Hall–Kier alpha value is -8.63. The molecule has 0 heterocycles. The Balaban J connectivity index is 1.05. The molecule has 0 radical (unpaired) electrons. The average Bonchev–Trinajstić information content (AvgIpc) is 3.67. The summed E-state index contributed by atoms with van der Waals surface area (Å²) in [5.41, 5.74) is 17.7. The van der Waals surface area contributed by atoms with E-state index in [1.807, 2.05) is 0 Å². The summed E-state index contributed by atoms with van der Waals surface area (Å²) in [7, 11) is 0. The predicted octanol–water partition coefficient (Wildman–Crippen LogP) is 21.2. The SMILES string of the molecule is C/C=C1/CC=CC(C(=C/C=C/C(C)=C/C=C/c2ccc3c(-c4ccc(N(c5ccccc5)c5ccccc5)cc4)c4ccccc4c(-c4ccc(N(c5ccccc5)c5ccccc5)cc4)c3c2)/SC)=C/C1=C/CC. The number of hydrogen-bond donors (Lipinski definition) is 0. The fraction of sp³-hybridized carbons (Fsp3) is 0.0833. The van der Waals surface area contributed by atoms with Crippen molar-refractivity contribution in [2.75, 3.05) is 16.1 Å². The monoisotopic (exact) mass is 986 g/mol. The van der Waals surface area contributed by atoms with E-state index in [1.54, 1.807) is 11.8 Å². The molecular formula is C72H62N2S. The quantitative estimate of drug-likeness (QED) is 0.0747. The maximum absolute atomic E-state index is 2.38. The van der Waals surface area contributed by atoms with Gasteiger partial charge in [0.2, 0.25) is 0 Å². The second-order valence-electron chi connectivity index (χ2n) is 18.7. The summed E-state index contributed by atoms with van der Waals surface area (Å²) in [6.07, 6.45) is 28.8. The van der Waals surface area contributed by atoms with Crippen LogP contribution in [-0.4, -0.2) is 6.26 Å². The zero-order valence-electron chi connectivity index (χ0n) is 43.3. The van der Waals surface area contributed by atoms with E-state index in [-0.39, 0.29) is 0 Å². The highest BCUT2D eigenvalue weighted by molar-refractivity contribution is 8.02. The van der Waals surface area contributed by atoms with E-state index >= 15 is 0 Å². The number of thioether (sulfide) groups is 1. The summed E-state index contributed by atoms with van der Waals surface area (Å²) >= 11 is 1.79. The Kier molecular flexibility index (Phi) is 15.9. The van der Waals surface area contributed by atoms with E-state index < -0.39 is 0 Å². The first-order valence-corrected chi connectivity index (χ1v) is 27.2. The number of benzene rings is 9. The molecule has 0 aliphatic heterocycles. The third-order valence-corrected chi connectivity index (χ3v) is 14.6. The van der Waals surface area contributed by atoms with Crippen LogP contribution in [0.1, 0.15) is 39.2 Å². The van der Waals surface area contributed by atoms with Crippen LogP contribution in [0.25, 0.3) is 49.9 Å². The molecule has 0 saturated heterocycles. The van der Waals surface area contributed by atoms with Gasteiger partial charge in [-0.2, -0.15) is 0 Å². The largest absolute Gasteiger partial charge is 0.311 e. The molecule has 1 aliphatic rings. The van der Waals surface area contributed by atoms with Gasteiger partial charge in [-0.3, -0.25) is 0 Å². The Morgan fingerprint density at radius 2 is 0.987 bits per heavy atom. The van der Waals surface area contributed by atoms with Gasteiger partial charge < -0.3 is 9.80 Å². The number of hydrogen-bond acceptors (Lipinski definition) is 3. The van der Waals surface area contributed by atoms with Gasteiger partial charge in [-0.05, 0) is 190 Å². The molecule has 10 rings (SSSR count). The molecule has 3 heteroatoms. The van der Waals surface area contributed by atoms with Gasteiger partial charge in [0.25, 0.3) is 0 Å². The van der Waals surface area contributed by atoms with Gasteiger partial charge in [0.15, 0.2) is 0 Å². The average molecular weight is 987 g/mol. The summed E-state index contributed by atoms with van der Waals surface area (Å²) in [6, 6.07) is 76.6. The minimum Gasteiger partial charge on any atom is -0.311 e. The van der Waals surface area contributed by atoms with Gasteiger partial charge in [-0.25, -0.2) is 0 Å². The fourth-order valence-electron chi connectivity index (χ4n) is 10.2. The molecule has 2 nitrogen and oxygen atoms in total. The molecule has 0 N–H and O–H groups in total. The van der Waals surface area contributed by atoms with Gasteiger partial charge in [0.05, 0.1) is 0 Å². The van der Waals surface area contributed by atoms with Crippen LogP contribution in [-0.2, 0) is 0 Å². The maximum Gasteiger partial charge on any atom is 0.0462 e. The van der Waals surface area contributed by atoms with Crippen molar-refractivity contribution in [1.29, 1.82) is 0 Å². The van der Waals surface area contributed by atoms with E-state index in [9.17, 15) is 0 Å². The van der Waals surface area contributed by atoms with Crippen molar-refractivity contribution in [1.82, 2.24) is 0 Å². The molecule has 0 amide bonds. The van der Waals surface area contributed by atoms with Crippen molar-refractivity contribution in [2.24, 2.45) is 0 Å². The number of para-hydroxylation sites is 4. The van der Waals surface area contributed by atoms with Crippen molar-refractivity contribution in [3.05, 3.63) is 306 Å². The second kappa shape index (κ2) is 23.9. The van der Waals surface area contributed by atoms with Gasteiger partial charge in [0.1, 0.15) is 0 Å². The summed E-state index contributed by atoms with van der Waals surface area (Å²) in [5.74, 6) is 0. The van der Waals surface area contributed by atoms with Crippen LogP contribution < -0.4 is 9.80 Å². The molecule has 9 aromatic rings. The van der Waals surface area contributed by atoms with Crippen molar-refractivity contribution < 1.29 is 0 Å². The molecule has 0 aromatic heterocycles. The molecule has 9 aromatic carbocycles. The number of fused-ring (bicyclic) bond motifs is 2. The number of anilines is 6. The molecule has 1 aliphatic carbocycles. The second-order valence-corrected chi connectivity index (χ2v) is 19.5. The third kappa shape index (κ3) is 11.3. The van der Waals surface area contributed by atoms with Crippen LogP contribution in [0.2, 0.25) is 0 Å². The first-order valence-electron chi connectivity index (χ1n) is 26.0. The van der Waals surface area contributed by atoms with Crippen molar-refractivity contribution >= 4 is 73.5 Å². The first-order chi connectivity index (χ1) is 37.0. The highest BCUT2D eigenvalue weighted by Gasteiger charge is 2.20. The lowest BCUT2D eigenvalue weighted by Crippen LogP contribution is -2.09. The lowest BCUT2D eigenvalue weighted by atomic mass is 9.85. The van der Waals surface area contributed by atoms with Gasteiger partial charge in [-0.1, -0.05) is 201 Å². The highest BCUT2D eigenvalue weighted by atomic mass is 32.2. The minimum atomic E-state index is 0.957. The summed E-state index contributed by atoms with van der Waals surface area (Å²) in [6.45, 7) is 6.51.